The summed E-state index contributed by atoms with van der Waals surface area (Å²) in [4.78, 5) is 10.9. The van der Waals surface area contributed by atoms with Crippen molar-refractivity contribution in [2.45, 2.75) is 51.2 Å². The maximum atomic E-state index is 10.9. The summed E-state index contributed by atoms with van der Waals surface area (Å²) in [6, 6.07) is 7.69. The molecule has 0 aliphatic heterocycles. The second-order valence-corrected chi connectivity index (χ2v) is 5.02. The Hall–Kier alpha value is -1.35. The van der Waals surface area contributed by atoms with Crippen molar-refractivity contribution < 1.29 is 14.6 Å². The quantitative estimate of drug-likeness (QED) is 0.869. The van der Waals surface area contributed by atoms with Gasteiger partial charge in [0.2, 0.25) is 0 Å². The fourth-order valence-corrected chi connectivity index (χ4v) is 2.31. The van der Waals surface area contributed by atoms with Crippen molar-refractivity contribution in [3.63, 3.8) is 0 Å². The highest BCUT2D eigenvalue weighted by atomic mass is 16.5. The Balaban J connectivity index is 1.88. The minimum absolute atomic E-state index is 0.419. The van der Waals surface area contributed by atoms with Gasteiger partial charge >= 0.3 is 5.97 Å². The zero-order chi connectivity index (χ0) is 13.0. The summed E-state index contributed by atoms with van der Waals surface area (Å²) in [5.41, 5.74) is 1.95. The number of ether oxygens (including phenoxy) is 1. The van der Waals surface area contributed by atoms with Gasteiger partial charge in [-0.3, -0.25) is 4.79 Å². The molecule has 0 bridgehead atoms. The molecule has 18 heavy (non-hydrogen) atoms. The first-order valence-electron chi connectivity index (χ1n) is 6.60. The van der Waals surface area contributed by atoms with Gasteiger partial charge in [0, 0.05) is 0 Å². The van der Waals surface area contributed by atoms with E-state index in [1.807, 2.05) is 24.3 Å². The van der Waals surface area contributed by atoms with Crippen LogP contribution in [0.1, 0.15) is 49.7 Å². The fourth-order valence-electron chi connectivity index (χ4n) is 2.31. The lowest BCUT2D eigenvalue weighted by molar-refractivity contribution is -0.138. The lowest BCUT2D eigenvalue weighted by Gasteiger charge is -2.12. The molecule has 1 unspecified atom stereocenters. The summed E-state index contributed by atoms with van der Waals surface area (Å²) in [5, 5.41) is 8.93. The van der Waals surface area contributed by atoms with E-state index in [4.69, 9.17) is 9.84 Å². The van der Waals surface area contributed by atoms with Gasteiger partial charge in [-0.2, -0.15) is 0 Å². The summed E-state index contributed by atoms with van der Waals surface area (Å²) in [5.74, 6) is -1.24. The monoisotopic (exact) mass is 248 g/mol. The van der Waals surface area contributed by atoms with E-state index in [0.29, 0.717) is 12.7 Å². The number of aliphatic carboxylic acids is 1. The van der Waals surface area contributed by atoms with Crippen LogP contribution >= 0.6 is 0 Å². The Morgan fingerprint density at radius 1 is 1.33 bits per heavy atom. The zero-order valence-electron chi connectivity index (χ0n) is 10.8. The van der Waals surface area contributed by atoms with E-state index in [0.717, 1.165) is 11.1 Å². The predicted octanol–water partition coefficient (Wildman–Crippen LogP) is 3.33. The second kappa shape index (κ2) is 6.01. The first-order valence-corrected chi connectivity index (χ1v) is 6.60. The Bertz CT molecular complexity index is 391. The molecule has 1 aliphatic carbocycles. The zero-order valence-corrected chi connectivity index (χ0v) is 10.8. The van der Waals surface area contributed by atoms with E-state index in [2.05, 4.69) is 0 Å². The van der Waals surface area contributed by atoms with E-state index in [1.54, 1.807) is 6.92 Å². The highest BCUT2D eigenvalue weighted by molar-refractivity contribution is 5.75. The van der Waals surface area contributed by atoms with Gasteiger partial charge in [-0.25, -0.2) is 0 Å². The van der Waals surface area contributed by atoms with Crippen molar-refractivity contribution in [3.05, 3.63) is 35.4 Å². The molecule has 1 aromatic carbocycles. The molecule has 1 saturated carbocycles. The van der Waals surface area contributed by atoms with E-state index < -0.39 is 11.9 Å². The predicted molar refractivity (Wildman–Crippen MR) is 69.5 cm³/mol. The van der Waals surface area contributed by atoms with Crippen molar-refractivity contribution in [2.75, 3.05) is 0 Å². The number of carbonyl (C=O) groups is 1. The van der Waals surface area contributed by atoms with Gasteiger partial charge in [0.15, 0.2) is 0 Å². The van der Waals surface area contributed by atoms with Gasteiger partial charge in [0.1, 0.15) is 0 Å². The molecular weight excluding hydrogens is 228 g/mol. The first-order chi connectivity index (χ1) is 8.66. The van der Waals surface area contributed by atoms with E-state index in [1.165, 1.54) is 25.7 Å². The van der Waals surface area contributed by atoms with Crippen LogP contribution in [0.25, 0.3) is 0 Å². The number of rotatable bonds is 5. The van der Waals surface area contributed by atoms with Crippen LogP contribution in [-0.2, 0) is 16.1 Å². The van der Waals surface area contributed by atoms with Gasteiger partial charge in [-0.15, -0.1) is 0 Å². The molecule has 3 nitrogen and oxygen atoms in total. The summed E-state index contributed by atoms with van der Waals surface area (Å²) in [6.07, 6.45) is 5.32. The minimum atomic E-state index is -0.787. The highest BCUT2D eigenvalue weighted by Crippen LogP contribution is 2.22. The average molecular weight is 248 g/mol. The van der Waals surface area contributed by atoms with Crippen LogP contribution in [0.5, 0.6) is 0 Å². The molecule has 0 spiro atoms. The van der Waals surface area contributed by atoms with Crippen LogP contribution in [0.4, 0.5) is 0 Å². The van der Waals surface area contributed by atoms with Gasteiger partial charge < -0.3 is 9.84 Å². The summed E-state index contributed by atoms with van der Waals surface area (Å²) in [6.45, 7) is 2.33. The largest absolute Gasteiger partial charge is 0.481 e. The Morgan fingerprint density at radius 3 is 2.50 bits per heavy atom. The number of carboxylic acids is 1. The van der Waals surface area contributed by atoms with Gasteiger partial charge in [0.25, 0.3) is 0 Å². The molecule has 2 rings (SSSR count). The molecule has 1 fully saturated rings. The maximum Gasteiger partial charge on any atom is 0.310 e. The third-order valence-electron chi connectivity index (χ3n) is 3.64. The normalized spacial score (nSPS) is 17.8. The maximum absolute atomic E-state index is 10.9. The van der Waals surface area contributed by atoms with Crippen LogP contribution in [-0.4, -0.2) is 17.2 Å². The molecule has 0 amide bonds. The number of hydrogen-bond acceptors (Lipinski definition) is 2. The van der Waals surface area contributed by atoms with Crippen molar-refractivity contribution in [1.82, 2.24) is 0 Å². The standard InChI is InChI=1S/C15H20O3/c1-11(15(16)17)13-8-6-12(7-9-13)10-18-14-4-2-3-5-14/h6-9,11,14H,2-5,10H2,1H3,(H,16,17). The second-order valence-electron chi connectivity index (χ2n) is 5.02. The van der Waals surface area contributed by atoms with Crippen LogP contribution in [0.3, 0.4) is 0 Å². The van der Waals surface area contributed by atoms with Crippen molar-refractivity contribution >= 4 is 5.97 Å². The van der Waals surface area contributed by atoms with Gasteiger partial charge in [-0.1, -0.05) is 37.1 Å². The first kappa shape index (κ1) is 13.1. The fraction of sp³-hybridized carbons (Fsp3) is 0.533. The number of carboxylic acid groups (broad SMARTS) is 1. The Labute approximate surface area is 108 Å². The van der Waals surface area contributed by atoms with Gasteiger partial charge in [-0.05, 0) is 30.9 Å². The third-order valence-corrected chi connectivity index (χ3v) is 3.64. The van der Waals surface area contributed by atoms with Crippen LogP contribution in [0.2, 0.25) is 0 Å². The Kier molecular flexibility index (Phi) is 4.37. The van der Waals surface area contributed by atoms with Crippen molar-refractivity contribution in [2.24, 2.45) is 0 Å². The molecule has 3 heteroatoms. The topological polar surface area (TPSA) is 46.5 Å². The smallest absolute Gasteiger partial charge is 0.310 e. The molecule has 0 saturated heterocycles. The molecular formula is C15H20O3. The number of benzene rings is 1. The van der Waals surface area contributed by atoms with E-state index >= 15 is 0 Å². The SMILES string of the molecule is CC(C(=O)O)c1ccc(COC2CCCC2)cc1. The summed E-state index contributed by atoms with van der Waals surface area (Å²) in [7, 11) is 0. The van der Waals surface area contributed by atoms with Crippen LogP contribution in [0, 0.1) is 0 Å². The average Bonchev–Trinajstić information content (AvgIpc) is 2.89. The summed E-state index contributed by atoms with van der Waals surface area (Å²) >= 11 is 0. The third kappa shape index (κ3) is 3.33. The van der Waals surface area contributed by atoms with Crippen LogP contribution < -0.4 is 0 Å². The molecule has 1 atom stereocenters. The summed E-state index contributed by atoms with van der Waals surface area (Å²) < 4.78 is 5.82. The molecule has 1 aromatic rings. The lowest BCUT2D eigenvalue weighted by Crippen LogP contribution is -2.08. The molecule has 1 N–H and O–H groups in total. The molecule has 0 aromatic heterocycles. The van der Waals surface area contributed by atoms with E-state index in [-0.39, 0.29) is 0 Å². The molecule has 1 aliphatic rings. The molecule has 0 radical (unpaired) electrons. The minimum Gasteiger partial charge on any atom is -0.481 e. The van der Waals surface area contributed by atoms with Crippen molar-refractivity contribution in [3.8, 4) is 0 Å². The van der Waals surface area contributed by atoms with Crippen LogP contribution in [0.15, 0.2) is 24.3 Å². The molecule has 98 valence electrons. The van der Waals surface area contributed by atoms with Crippen molar-refractivity contribution in [1.29, 1.82) is 0 Å². The van der Waals surface area contributed by atoms with Gasteiger partial charge in [0.05, 0.1) is 18.6 Å². The lowest BCUT2D eigenvalue weighted by atomic mass is 10.0. The van der Waals surface area contributed by atoms with E-state index in [9.17, 15) is 4.79 Å². The molecule has 0 heterocycles. The Morgan fingerprint density at radius 2 is 1.94 bits per heavy atom. The highest BCUT2D eigenvalue weighted by Gasteiger charge is 2.16. The number of hydrogen-bond donors (Lipinski definition) is 1.